The standard InChI is InChI=1S/C22H31N3O4S/c1-17(26)23-18-9-11-20(12-10-18)30(28,29)24-15-21(27)25(19-7-3-4-8-19)22(16-24)13-5-2-6-14-22/h9-12,19H,2-8,13-16H2,1H3,(H,23,26). The highest BCUT2D eigenvalue weighted by molar-refractivity contribution is 7.89. The van der Waals surface area contributed by atoms with Gasteiger partial charge in [-0.1, -0.05) is 32.1 Å². The van der Waals surface area contributed by atoms with Gasteiger partial charge in [-0.2, -0.15) is 4.31 Å². The summed E-state index contributed by atoms with van der Waals surface area (Å²) in [5.41, 5.74) is 0.179. The number of sulfonamides is 1. The molecule has 8 heteroatoms. The average Bonchev–Trinajstić information content (AvgIpc) is 3.22. The van der Waals surface area contributed by atoms with Gasteiger partial charge in [-0.15, -0.1) is 0 Å². The third-order valence-corrected chi connectivity index (χ3v) is 8.65. The molecule has 2 saturated carbocycles. The Balaban J connectivity index is 1.61. The monoisotopic (exact) mass is 433 g/mol. The van der Waals surface area contributed by atoms with Gasteiger partial charge < -0.3 is 10.2 Å². The molecule has 1 aromatic rings. The number of rotatable bonds is 4. The molecule has 1 aliphatic heterocycles. The van der Waals surface area contributed by atoms with Crippen LogP contribution in [0.15, 0.2) is 29.2 Å². The number of carbonyl (C=O) groups excluding carboxylic acids is 2. The fourth-order valence-corrected chi connectivity index (χ4v) is 7.02. The van der Waals surface area contributed by atoms with E-state index in [1.807, 2.05) is 0 Å². The molecule has 0 radical (unpaired) electrons. The Morgan fingerprint density at radius 2 is 1.67 bits per heavy atom. The Labute approximate surface area is 178 Å². The molecule has 0 bridgehead atoms. The lowest BCUT2D eigenvalue weighted by atomic mass is 9.78. The van der Waals surface area contributed by atoms with E-state index in [0.717, 1.165) is 57.8 Å². The topological polar surface area (TPSA) is 86.8 Å². The zero-order valence-corrected chi connectivity index (χ0v) is 18.4. The second-order valence-electron chi connectivity index (χ2n) is 8.97. The summed E-state index contributed by atoms with van der Waals surface area (Å²) in [6, 6.07) is 6.43. The summed E-state index contributed by atoms with van der Waals surface area (Å²) < 4.78 is 28.2. The second-order valence-corrected chi connectivity index (χ2v) is 10.9. The minimum atomic E-state index is -3.79. The number of hydrogen-bond acceptors (Lipinski definition) is 4. The quantitative estimate of drug-likeness (QED) is 0.790. The highest BCUT2D eigenvalue weighted by atomic mass is 32.2. The number of anilines is 1. The van der Waals surface area contributed by atoms with Gasteiger partial charge in [0, 0.05) is 25.2 Å². The second kappa shape index (κ2) is 8.30. The van der Waals surface area contributed by atoms with Crippen LogP contribution in [-0.2, 0) is 19.6 Å². The average molecular weight is 434 g/mol. The smallest absolute Gasteiger partial charge is 0.243 e. The Kier molecular flexibility index (Phi) is 5.90. The zero-order chi connectivity index (χ0) is 21.4. The van der Waals surface area contributed by atoms with E-state index in [2.05, 4.69) is 10.2 Å². The van der Waals surface area contributed by atoms with E-state index in [0.29, 0.717) is 12.2 Å². The molecule has 0 unspecified atom stereocenters. The summed E-state index contributed by atoms with van der Waals surface area (Å²) in [6.07, 6.45) is 9.33. The number of amides is 2. The molecule has 1 saturated heterocycles. The number of nitrogens with one attached hydrogen (secondary N) is 1. The van der Waals surface area contributed by atoms with Crippen LogP contribution in [0.3, 0.4) is 0 Å². The molecule has 0 aromatic heterocycles. The molecule has 3 aliphatic rings. The molecule has 164 valence electrons. The van der Waals surface area contributed by atoms with Crippen LogP contribution < -0.4 is 5.32 Å². The van der Waals surface area contributed by atoms with Crippen LogP contribution in [0.1, 0.15) is 64.7 Å². The van der Waals surface area contributed by atoms with E-state index >= 15 is 0 Å². The van der Waals surface area contributed by atoms with Gasteiger partial charge in [0.25, 0.3) is 0 Å². The highest BCUT2D eigenvalue weighted by Gasteiger charge is 2.51. The van der Waals surface area contributed by atoms with Crippen molar-refractivity contribution in [3.05, 3.63) is 24.3 Å². The van der Waals surface area contributed by atoms with Gasteiger partial charge in [0.1, 0.15) is 0 Å². The number of nitrogens with zero attached hydrogens (tertiary/aromatic N) is 2. The minimum Gasteiger partial charge on any atom is -0.332 e. The van der Waals surface area contributed by atoms with E-state index in [1.54, 1.807) is 12.1 Å². The fourth-order valence-electron chi connectivity index (χ4n) is 5.55. The molecule has 3 fully saturated rings. The SMILES string of the molecule is CC(=O)Nc1ccc(S(=O)(=O)N2CC(=O)N(C3CCCC3)C3(CCCCC3)C2)cc1. The van der Waals surface area contributed by atoms with Gasteiger partial charge in [-0.25, -0.2) is 8.42 Å². The van der Waals surface area contributed by atoms with Crippen LogP contribution in [0.5, 0.6) is 0 Å². The first-order valence-corrected chi connectivity index (χ1v) is 12.5. The Hall–Kier alpha value is -1.93. The maximum Gasteiger partial charge on any atom is 0.243 e. The molecule has 4 rings (SSSR count). The van der Waals surface area contributed by atoms with Crippen LogP contribution in [0.2, 0.25) is 0 Å². The summed E-state index contributed by atoms with van der Waals surface area (Å²) in [4.78, 5) is 26.8. The first-order chi connectivity index (χ1) is 14.3. The van der Waals surface area contributed by atoms with E-state index in [4.69, 9.17) is 0 Å². The van der Waals surface area contributed by atoms with E-state index < -0.39 is 10.0 Å². The van der Waals surface area contributed by atoms with Crippen molar-refractivity contribution < 1.29 is 18.0 Å². The maximum absolute atomic E-state index is 13.4. The van der Waals surface area contributed by atoms with Gasteiger partial charge in [0.05, 0.1) is 17.0 Å². The van der Waals surface area contributed by atoms with Crippen molar-refractivity contribution in [1.29, 1.82) is 0 Å². The van der Waals surface area contributed by atoms with Crippen molar-refractivity contribution >= 4 is 27.5 Å². The van der Waals surface area contributed by atoms with Crippen LogP contribution in [0.25, 0.3) is 0 Å². The summed E-state index contributed by atoms with van der Waals surface area (Å²) in [5, 5.41) is 2.65. The van der Waals surface area contributed by atoms with Crippen molar-refractivity contribution in [2.45, 2.75) is 81.2 Å². The van der Waals surface area contributed by atoms with Crippen molar-refractivity contribution in [3.63, 3.8) is 0 Å². The van der Waals surface area contributed by atoms with Crippen LogP contribution in [0.4, 0.5) is 5.69 Å². The Bertz CT molecular complexity index is 901. The van der Waals surface area contributed by atoms with E-state index in [1.165, 1.54) is 23.4 Å². The van der Waals surface area contributed by atoms with Crippen LogP contribution in [-0.4, -0.2) is 54.1 Å². The molecule has 1 N–H and O–H groups in total. The molecule has 0 atom stereocenters. The summed E-state index contributed by atoms with van der Waals surface area (Å²) in [7, 11) is -3.79. The first kappa shape index (κ1) is 21.3. The highest BCUT2D eigenvalue weighted by Crippen LogP contribution is 2.42. The molecule has 2 amide bonds. The lowest BCUT2D eigenvalue weighted by molar-refractivity contribution is -0.150. The number of hydrogen-bond donors (Lipinski definition) is 1. The lowest BCUT2D eigenvalue weighted by Gasteiger charge is -2.54. The summed E-state index contributed by atoms with van der Waals surface area (Å²) in [6.45, 7) is 1.70. The number of benzene rings is 1. The molecule has 7 nitrogen and oxygen atoms in total. The number of carbonyl (C=O) groups is 2. The van der Waals surface area contributed by atoms with Gasteiger partial charge in [0.2, 0.25) is 21.8 Å². The third-order valence-electron chi connectivity index (χ3n) is 6.85. The Morgan fingerprint density at radius 3 is 2.27 bits per heavy atom. The molecule has 2 aliphatic carbocycles. The zero-order valence-electron chi connectivity index (χ0n) is 17.6. The predicted molar refractivity (Wildman–Crippen MR) is 114 cm³/mol. The van der Waals surface area contributed by atoms with Crippen molar-refractivity contribution in [3.8, 4) is 0 Å². The van der Waals surface area contributed by atoms with Crippen molar-refractivity contribution in [2.24, 2.45) is 0 Å². The lowest BCUT2D eigenvalue weighted by Crippen LogP contribution is -2.68. The fraction of sp³-hybridized carbons (Fsp3) is 0.636. The van der Waals surface area contributed by atoms with E-state index in [9.17, 15) is 18.0 Å². The van der Waals surface area contributed by atoms with Crippen molar-refractivity contribution in [2.75, 3.05) is 18.4 Å². The molecular formula is C22H31N3O4S. The van der Waals surface area contributed by atoms with Crippen LogP contribution >= 0.6 is 0 Å². The summed E-state index contributed by atoms with van der Waals surface area (Å²) >= 11 is 0. The molecule has 1 heterocycles. The largest absolute Gasteiger partial charge is 0.332 e. The van der Waals surface area contributed by atoms with Gasteiger partial charge in [-0.3, -0.25) is 9.59 Å². The minimum absolute atomic E-state index is 0.0477. The third kappa shape index (κ3) is 3.99. The van der Waals surface area contributed by atoms with Gasteiger partial charge in [0.15, 0.2) is 0 Å². The van der Waals surface area contributed by atoms with Crippen LogP contribution in [0, 0.1) is 0 Å². The molecule has 1 spiro atoms. The predicted octanol–water partition coefficient (Wildman–Crippen LogP) is 3.12. The normalized spacial score (nSPS) is 23.1. The molecule has 1 aromatic carbocycles. The Morgan fingerprint density at radius 1 is 1.03 bits per heavy atom. The molecular weight excluding hydrogens is 402 g/mol. The van der Waals surface area contributed by atoms with Crippen molar-refractivity contribution in [1.82, 2.24) is 9.21 Å². The summed E-state index contributed by atoms with van der Waals surface area (Å²) in [5.74, 6) is -0.257. The van der Waals surface area contributed by atoms with Gasteiger partial charge in [-0.05, 0) is 49.9 Å². The van der Waals surface area contributed by atoms with E-state index in [-0.39, 0.29) is 34.8 Å². The van der Waals surface area contributed by atoms with Gasteiger partial charge >= 0.3 is 0 Å². The first-order valence-electron chi connectivity index (χ1n) is 11.0. The maximum atomic E-state index is 13.4. The number of piperazine rings is 1. The molecule has 30 heavy (non-hydrogen) atoms.